The van der Waals surface area contributed by atoms with Crippen molar-refractivity contribution in [3.05, 3.63) is 118 Å². The van der Waals surface area contributed by atoms with E-state index in [0.717, 1.165) is 58.8 Å². The molecule has 0 radical (unpaired) electrons. The van der Waals surface area contributed by atoms with Crippen LogP contribution in [0.5, 0.6) is 28.7 Å². The summed E-state index contributed by atoms with van der Waals surface area (Å²) in [5.74, 6) is 9.47. The fourth-order valence-electron chi connectivity index (χ4n) is 8.00. The van der Waals surface area contributed by atoms with Gasteiger partial charge in [0.15, 0.2) is 17.1 Å². The summed E-state index contributed by atoms with van der Waals surface area (Å²) in [7, 11) is 1.57. The van der Waals surface area contributed by atoms with E-state index in [1.807, 2.05) is 18.2 Å². The smallest absolute Gasteiger partial charge is 0.335 e. The van der Waals surface area contributed by atoms with Crippen molar-refractivity contribution in [3.8, 4) is 51.7 Å². The predicted octanol–water partition coefficient (Wildman–Crippen LogP) is 6.51. The zero-order chi connectivity index (χ0) is 39.3. The summed E-state index contributed by atoms with van der Waals surface area (Å²) in [6.07, 6.45) is 1.92. The summed E-state index contributed by atoms with van der Waals surface area (Å²) in [5, 5.41) is 23.4. The molecule has 4 N–H and O–H groups in total. The zero-order valence-electron chi connectivity index (χ0n) is 32.5. The molecule has 0 spiro atoms. The highest BCUT2D eigenvalue weighted by Gasteiger charge is 2.43. The van der Waals surface area contributed by atoms with Crippen LogP contribution in [0.1, 0.15) is 65.3 Å². The van der Waals surface area contributed by atoms with E-state index < -0.39 is 12.0 Å². The normalized spacial score (nSPS) is 18.5. The molecule has 3 atom stereocenters. The number of hydrogen-bond donors (Lipinski definition) is 3. The van der Waals surface area contributed by atoms with Gasteiger partial charge < -0.3 is 44.4 Å². The number of nitrogens with zero attached hydrogens (tertiary/aromatic N) is 2. The van der Waals surface area contributed by atoms with Crippen LogP contribution in [0.15, 0.2) is 84.9 Å². The molecule has 4 bridgehead atoms. The summed E-state index contributed by atoms with van der Waals surface area (Å²) in [4.78, 5) is 19.5. The molecule has 3 aliphatic rings. The number of phenols is 1. The van der Waals surface area contributed by atoms with Crippen molar-refractivity contribution >= 4 is 11.6 Å². The van der Waals surface area contributed by atoms with Crippen LogP contribution in [-0.2, 0) is 19.3 Å². The third-order valence-electron chi connectivity index (χ3n) is 10.9. The van der Waals surface area contributed by atoms with Crippen LogP contribution in [-0.4, -0.2) is 73.4 Å². The van der Waals surface area contributed by atoms with Crippen LogP contribution in [0.4, 0.5) is 5.82 Å². The van der Waals surface area contributed by atoms with Gasteiger partial charge >= 0.3 is 5.78 Å². The third-order valence-corrected chi connectivity index (χ3v) is 10.9. The van der Waals surface area contributed by atoms with Gasteiger partial charge in [0, 0.05) is 19.4 Å². The summed E-state index contributed by atoms with van der Waals surface area (Å²) >= 11 is 0. The molecule has 4 heterocycles. The van der Waals surface area contributed by atoms with Crippen molar-refractivity contribution in [3.63, 3.8) is 0 Å². The lowest BCUT2D eigenvalue weighted by molar-refractivity contribution is 0.190. The summed E-state index contributed by atoms with van der Waals surface area (Å²) in [6, 6.07) is 27.6. The maximum Gasteiger partial charge on any atom is 0.335 e. The number of carbonyl (C=O) groups excluding carboxylic acids is 1. The van der Waals surface area contributed by atoms with Gasteiger partial charge in [-0.15, -0.1) is 0 Å². The zero-order valence-corrected chi connectivity index (χ0v) is 32.5. The number of aromatic hydroxyl groups is 1. The Balaban J connectivity index is 1.33. The molecule has 294 valence electrons. The van der Waals surface area contributed by atoms with Crippen LogP contribution in [0.2, 0.25) is 0 Å². The molecule has 8 rings (SSSR count). The van der Waals surface area contributed by atoms with Crippen molar-refractivity contribution in [2.24, 2.45) is 0 Å². The van der Waals surface area contributed by atoms with Gasteiger partial charge in [0.1, 0.15) is 24.0 Å². The second kappa shape index (κ2) is 17.1. The Kier molecular flexibility index (Phi) is 11.4. The van der Waals surface area contributed by atoms with E-state index in [1.54, 1.807) is 31.4 Å². The van der Waals surface area contributed by atoms with E-state index in [0.29, 0.717) is 60.8 Å². The fraction of sp³-hybridized carbons (Fsp3) is 0.340. The Morgan fingerprint density at radius 1 is 0.947 bits per heavy atom. The van der Waals surface area contributed by atoms with Gasteiger partial charge in [0.25, 0.3) is 0 Å². The Hall–Kier alpha value is -5.89. The summed E-state index contributed by atoms with van der Waals surface area (Å²) < 4.78 is 26.4. The number of aliphatic hydroxyl groups is 1. The quantitative estimate of drug-likeness (QED) is 0.0740. The highest BCUT2D eigenvalue weighted by Crippen LogP contribution is 2.55. The van der Waals surface area contributed by atoms with Crippen molar-refractivity contribution in [1.29, 1.82) is 0 Å². The van der Waals surface area contributed by atoms with Crippen molar-refractivity contribution in [2.75, 3.05) is 51.5 Å². The number of rotatable bonds is 12. The molecule has 10 heteroatoms. The molecular weight excluding hydrogens is 719 g/mol. The van der Waals surface area contributed by atoms with Gasteiger partial charge in [-0.2, -0.15) is 0 Å². The van der Waals surface area contributed by atoms with Crippen LogP contribution < -0.4 is 34.1 Å². The molecule has 1 aromatic heterocycles. The number of ether oxygens (including phenoxy) is 4. The maximum absolute atomic E-state index is 12.0. The number of methoxy groups -OCH3 is 1. The van der Waals surface area contributed by atoms with Crippen molar-refractivity contribution in [2.45, 2.75) is 57.1 Å². The largest absolute Gasteiger partial charge is 0.508 e. The topological polar surface area (TPSA) is 128 Å². The minimum absolute atomic E-state index is 0.0659. The molecule has 1 fully saturated rings. The molecule has 10 nitrogen and oxygen atoms in total. The Labute approximate surface area is 333 Å². The SMILES string of the molecule is CCc1cc2c([n-]1)N1CCN[C@@H](C#C[C@@H](c3c(OCCc4ccccc4)c(OC)c(OCCCO)c4c3OC(c3ccc(O)cc3)CC4=[OH+])Cc3cccc-2c3)C1. The highest BCUT2D eigenvalue weighted by molar-refractivity contribution is 6.05. The first-order chi connectivity index (χ1) is 27.9. The van der Waals surface area contributed by atoms with Gasteiger partial charge in [0.05, 0.1) is 37.8 Å². The van der Waals surface area contributed by atoms with Crippen LogP contribution in [0.25, 0.3) is 11.1 Å². The molecule has 0 amide bonds. The van der Waals surface area contributed by atoms with Gasteiger partial charge in [-0.05, 0) is 72.4 Å². The van der Waals surface area contributed by atoms with Gasteiger partial charge in [-0.3, -0.25) is 4.79 Å². The number of fused-ring (bicyclic) bond motifs is 8. The first-order valence-electron chi connectivity index (χ1n) is 19.9. The van der Waals surface area contributed by atoms with E-state index in [2.05, 4.69) is 71.4 Å². The summed E-state index contributed by atoms with van der Waals surface area (Å²) in [6.45, 7) is 4.81. The van der Waals surface area contributed by atoms with E-state index in [9.17, 15) is 15.0 Å². The van der Waals surface area contributed by atoms with Crippen LogP contribution in [0, 0.1) is 11.8 Å². The predicted molar refractivity (Wildman–Crippen MR) is 221 cm³/mol. The number of aliphatic hydroxyl groups excluding tert-OH is 1. The minimum atomic E-state index is -0.583. The molecule has 57 heavy (non-hydrogen) atoms. The van der Waals surface area contributed by atoms with Gasteiger partial charge in [-0.1, -0.05) is 103 Å². The number of aryl methyl sites for hydroxylation is 1. The number of ketones is 1. The number of piperazine rings is 1. The Bertz CT molecular complexity index is 2270. The molecule has 3 aliphatic heterocycles. The second-order valence-corrected chi connectivity index (χ2v) is 14.7. The molecule has 1 unspecified atom stereocenters. The van der Waals surface area contributed by atoms with Crippen LogP contribution in [0.3, 0.4) is 0 Å². The molecule has 4 aromatic carbocycles. The number of phenolic OH excluding ortho intramolecular Hbond substituents is 1. The lowest BCUT2D eigenvalue weighted by Gasteiger charge is -2.40. The number of benzene rings is 4. The molecular formula is C47H49N3O7. The standard InChI is InChI=1S/C47H48N3O7/c1-3-35-27-38-33-12-7-11-31(25-33)26-34(13-16-36-29-50(21-20-48-36)47(38)49-35)41-43-42(39(53)28-40(57-43)32-14-17-37(52)18-15-32)45(55-23-8-22-51)46(54-2)44(41)56-24-19-30-9-5-4-6-10-30/h4-7,9-12,14-15,17-18,25,27,34,36,40,48,51-52H,3,8,19-24,26,28-29H2,1-2H3/q-1/p+1/t34-,36+,40?/m1/s1. The number of hydrogen-bond acceptors (Lipinski definition) is 8. The van der Waals surface area contributed by atoms with Crippen molar-refractivity contribution in [1.82, 2.24) is 10.3 Å². The number of nitrogens with one attached hydrogen (secondary N) is 1. The molecule has 0 aliphatic carbocycles. The summed E-state index contributed by atoms with van der Waals surface area (Å²) in [5.41, 5.74) is 7.29. The third kappa shape index (κ3) is 8.04. The molecule has 5 aromatic rings. The Morgan fingerprint density at radius 2 is 1.77 bits per heavy atom. The fourth-order valence-corrected chi connectivity index (χ4v) is 8.00. The second-order valence-electron chi connectivity index (χ2n) is 14.7. The average molecular weight is 768 g/mol. The van der Waals surface area contributed by atoms with E-state index in [4.69, 9.17) is 23.9 Å². The first-order valence-corrected chi connectivity index (χ1v) is 19.9. The van der Waals surface area contributed by atoms with Gasteiger partial charge in [0.2, 0.25) is 5.75 Å². The van der Waals surface area contributed by atoms with Crippen LogP contribution >= 0.6 is 0 Å². The van der Waals surface area contributed by atoms with E-state index >= 15 is 0 Å². The lowest BCUT2D eigenvalue weighted by Crippen LogP contribution is -2.50. The molecule has 0 saturated carbocycles. The number of aromatic nitrogens is 1. The van der Waals surface area contributed by atoms with Gasteiger partial charge in [-0.25, -0.2) is 0 Å². The first kappa shape index (κ1) is 38.0. The maximum atomic E-state index is 12.0. The monoisotopic (exact) mass is 767 g/mol. The Morgan fingerprint density at radius 3 is 2.56 bits per heavy atom. The average Bonchev–Trinajstić information content (AvgIpc) is 3.68. The minimum Gasteiger partial charge on any atom is -0.508 e. The van der Waals surface area contributed by atoms with Crippen molar-refractivity contribution < 1.29 is 34.0 Å². The highest BCUT2D eigenvalue weighted by atomic mass is 16.5. The lowest BCUT2D eigenvalue weighted by atomic mass is 9.85. The molecule has 1 saturated heterocycles. The van der Waals surface area contributed by atoms with E-state index in [-0.39, 0.29) is 43.0 Å². The van der Waals surface area contributed by atoms with E-state index in [1.165, 1.54) is 0 Å². The number of anilines is 1.